The summed E-state index contributed by atoms with van der Waals surface area (Å²) in [5.74, 6) is 0. The maximum Gasteiger partial charge on any atom is 0.0444 e. The van der Waals surface area contributed by atoms with Crippen molar-refractivity contribution in [3.8, 4) is 11.1 Å². The summed E-state index contributed by atoms with van der Waals surface area (Å²) < 4.78 is 0. The molecule has 0 amide bonds. The second kappa shape index (κ2) is 9.14. The van der Waals surface area contributed by atoms with Crippen LogP contribution < -0.4 is 0 Å². The highest BCUT2D eigenvalue weighted by Gasteiger charge is 2.13. The molecule has 0 spiro atoms. The third-order valence-electron chi connectivity index (χ3n) is 4.47. The van der Waals surface area contributed by atoms with Gasteiger partial charge >= 0.3 is 0 Å². The van der Waals surface area contributed by atoms with E-state index in [1.54, 1.807) is 18.4 Å². The Morgan fingerprint density at radius 3 is 1.93 bits per heavy atom. The Morgan fingerprint density at radius 2 is 1.44 bits per heavy atom. The van der Waals surface area contributed by atoms with Gasteiger partial charge in [-0.2, -0.15) is 0 Å². The van der Waals surface area contributed by atoms with Gasteiger partial charge in [0.1, 0.15) is 0 Å². The fourth-order valence-electron chi connectivity index (χ4n) is 2.70. The lowest BCUT2D eigenvalue weighted by Crippen LogP contribution is -2.10. The first-order chi connectivity index (χ1) is 12.8. The highest BCUT2D eigenvalue weighted by atomic mass is 14.7. The molecular weight excluding hydrogens is 326 g/mol. The maximum absolute atomic E-state index is 4.52. The molecule has 0 aliphatic heterocycles. The summed E-state index contributed by atoms with van der Waals surface area (Å²) in [4.78, 5) is 4.52. The van der Waals surface area contributed by atoms with Crippen molar-refractivity contribution in [1.29, 1.82) is 0 Å². The second-order valence-corrected chi connectivity index (χ2v) is 7.54. The SMILES string of the molecule is C=C/C=C(C=C)/C=C\N=C(C)c1ccc(-c2ccc(C(C)(C)C)cc2)cc1. The molecule has 0 bridgehead atoms. The predicted octanol–water partition coefficient (Wildman–Crippen LogP) is 7.27. The van der Waals surface area contributed by atoms with Gasteiger partial charge < -0.3 is 0 Å². The highest BCUT2D eigenvalue weighted by Crippen LogP contribution is 2.26. The topological polar surface area (TPSA) is 12.4 Å². The number of nitrogens with zero attached hydrogens (tertiary/aromatic N) is 1. The van der Waals surface area contributed by atoms with E-state index in [4.69, 9.17) is 0 Å². The third-order valence-corrected chi connectivity index (χ3v) is 4.47. The number of rotatable bonds is 6. The largest absolute Gasteiger partial charge is 0.261 e. The predicted molar refractivity (Wildman–Crippen MR) is 120 cm³/mol. The number of benzene rings is 2. The van der Waals surface area contributed by atoms with E-state index < -0.39 is 0 Å². The van der Waals surface area contributed by atoms with Gasteiger partial charge in [0.2, 0.25) is 0 Å². The molecular formula is C26H29N. The van der Waals surface area contributed by atoms with E-state index in [0.29, 0.717) is 0 Å². The van der Waals surface area contributed by atoms with Crippen LogP contribution in [0.1, 0.15) is 38.8 Å². The lowest BCUT2D eigenvalue weighted by Gasteiger charge is -2.19. The van der Waals surface area contributed by atoms with E-state index in [2.05, 4.69) is 87.5 Å². The molecule has 0 heterocycles. The molecule has 2 aromatic carbocycles. The summed E-state index contributed by atoms with van der Waals surface area (Å²) in [6.07, 6.45) is 9.14. The Bertz CT molecular complexity index is 867. The molecule has 138 valence electrons. The van der Waals surface area contributed by atoms with Crippen LogP contribution in [0.5, 0.6) is 0 Å². The Hall–Kier alpha value is -2.93. The van der Waals surface area contributed by atoms with Crippen molar-refractivity contribution in [2.24, 2.45) is 4.99 Å². The second-order valence-electron chi connectivity index (χ2n) is 7.54. The van der Waals surface area contributed by atoms with Crippen molar-refractivity contribution < 1.29 is 0 Å². The van der Waals surface area contributed by atoms with Crippen LogP contribution in [0.2, 0.25) is 0 Å². The van der Waals surface area contributed by atoms with Crippen LogP contribution in [0, 0.1) is 0 Å². The van der Waals surface area contributed by atoms with Crippen LogP contribution >= 0.6 is 0 Å². The van der Waals surface area contributed by atoms with E-state index in [1.165, 1.54) is 16.7 Å². The Balaban J connectivity index is 2.15. The Morgan fingerprint density at radius 1 is 0.889 bits per heavy atom. The zero-order valence-corrected chi connectivity index (χ0v) is 16.9. The lowest BCUT2D eigenvalue weighted by atomic mass is 9.86. The van der Waals surface area contributed by atoms with Crippen molar-refractivity contribution >= 4 is 5.71 Å². The highest BCUT2D eigenvalue weighted by molar-refractivity contribution is 5.99. The Kier molecular flexibility index (Phi) is 6.90. The summed E-state index contributed by atoms with van der Waals surface area (Å²) in [7, 11) is 0. The van der Waals surface area contributed by atoms with Crippen LogP contribution in [-0.4, -0.2) is 5.71 Å². The zero-order valence-electron chi connectivity index (χ0n) is 16.9. The van der Waals surface area contributed by atoms with Gasteiger partial charge in [-0.05, 0) is 46.2 Å². The van der Waals surface area contributed by atoms with Gasteiger partial charge in [0.25, 0.3) is 0 Å². The quantitative estimate of drug-likeness (QED) is 0.381. The van der Waals surface area contributed by atoms with Crippen LogP contribution in [0.4, 0.5) is 0 Å². The minimum atomic E-state index is 0.176. The normalized spacial score (nSPS) is 13.0. The number of hydrogen-bond donors (Lipinski definition) is 0. The Labute approximate surface area is 164 Å². The first-order valence-corrected chi connectivity index (χ1v) is 9.22. The van der Waals surface area contributed by atoms with Crippen molar-refractivity contribution in [1.82, 2.24) is 0 Å². The van der Waals surface area contributed by atoms with E-state index in [0.717, 1.165) is 16.8 Å². The van der Waals surface area contributed by atoms with Crippen LogP contribution in [-0.2, 0) is 5.41 Å². The van der Waals surface area contributed by atoms with Gasteiger partial charge in [-0.25, -0.2) is 0 Å². The molecule has 0 aliphatic carbocycles. The minimum Gasteiger partial charge on any atom is -0.261 e. The molecule has 0 radical (unpaired) electrons. The smallest absolute Gasteiger partial charge is 0.0444 e. The molecule has 0 fully saturated rings. The summed E-state index contributed by atoms with van der Waals surface area (Å²) in [6.45, 7) is 16.2. The fraction of sp³-hybridized carbons (Fsp3) is 0.192. The van der Waals surface area contributed by atoms with Gasteiger partial charge in [-0.1, -0.05) is 101 Å². The van der Waals surface area contributed by atoms with Gasteiger partial charge in [-0.15, -0.1) is 0 Å². The minimum absolute atomic E-state index is 0.176. The zero-order chi connectivity index (χ0) is 19.9. The van der Waals surface area contributed by atoms with E-state index >= 15 is 0 Å². The molecule has 0 unspecified atom stereocenters. The van der Waals surface area contributed by atoms with Crippen molar-refractivity contribution in [3.63, 3.8) is 0 Å². The van der Waals surface area contributed by atoms with Crippen molar-refractivity contribution in [2.75, 3.05) is 0 Å². The molecule has 0 saturated heterocycles. The molecule has 0 aromatic heterocycles. The number of hydrogen-bond acceptors (Lipinski definition) is 1. The first-order valence-electron chi connectivity index (χ1n) is 9.22. The number of allylic oxidation sites excluding steroid dienone is 5. The summed E-state index contributed by atoms with van der Waals surface area (Å²) in [5, 5.41) is 0. The lowest BCUT2D eigenvalue weighted by molar-refractivity contribution is 0.590. The molecule has 1 nitrogen and oxygen atoms in total. The van der Waals surface area contributed by atoms with Crippen molar-refractivity contribution in [2.45, 2.75) is 33.1 Å². The van der Waals surface area contributed by atoms with Gasteiger partial charge in [0, 0.05) is 11.9 Å². The van der Waals surface area contributed by atoms with Crippen LogP contribution in [0.15, 0.2) is 103 Å². The van der Waals surface area contributed by atoms with E-state index in [-0.39, 0.29) is 5.41 Å². The molecule has 0 saturated carbocycles. The molecule has 0 atom stereocenters. The van der Waals surface area contributed by atoms with E-state index in [9.17, 15) is 0 Å². The van der Waals surface area contributed by atoms with Crippen LogP contribution in [0.25, 0.3) is 11.1 Å². The average molecular weight is 356 g/mol. The molecule has 1 heteroatoms. The van der Waals surface area contributed by atoms with Gasteiger partial charge in [0.05, 0.1) is 0 Å². The summed E-state index contributed by atoms with van der Waals surface area (Å²) in [5.41, 5.74) is 7.04. The fourth-order valence-corrected chi connectivity index (χ4v) is 2.70. The average Bonchev–Trinajstić information content (AvgIpc) is 2.66. The van der Waals surface area contributed by atoms with Gasteiger partial charge in [0.15, 0.2) is 0 Å². The molecule has 27 heavy (non-hydrogen) atoms. The molecule has 2 rings (SSSR count). The van der Waals surface area contributed by atoms with Crippen LogP contribution in [0.3, 0.4) is 0 Å². The first kappa shape index (κ1) is 20.4. The number of aliphatic imine (C=N–C) groups is 1. The van der Waals surface area contributed by atoms with Gasteiger partial charge in [-0.3, -0.25) is 4.99 Å². The third kappa shape index (κ3) is 5.79. The summed E-state index contributed by atoms with van der Waals surface area (Å²) in [6, 6.07) is 17.4. The molecule has 0 N–H and O–H groups in total. The standard InChI is InChI=1S/C26H29N/c1-7-9-21(8-2)18-19-27-20(3)22-10-12-23(13-11-22)24-14-16-25(17-15-24)26(4,5)6/h7-19H,1-2H2,3-6H3/b19-18-,21-9+,27-20?. The summed E-state index contributed by atoms with van der Waals surface area (Å²) >= 11 is 0. The molecule has 2 aromatic rings. The molecule has 0 aliphatic rings. The maximum atomic E-state index is 4.52. The van der Waals surface area contributed by atoms with Crippen molar-refractivity contribution in [3.05, 3.63) is 109 Å². The monoisotopic (exact) mass is 355 g/mol. The van der Waals surface area contributed by atoms with E-state index in [1.807, 2.05) is 19.1 Å².